The second kappa shape index (κ2) is 10.4. The predicted molar refractivity (Wildman–Crippen MR) is 135 cm³/mol. The first-order valence-corrected chi connectivity index (χ1v) is 12.2. The molecule has 2 fully saturated rings. The Morgan fingerprint density at radius 3 is 2.67 bits per heavy atom. The van der Waals surface area contributed by atoms with E-state index in [1.807, 2.05) is 42.3 Å². The Hall–Kier alpha value is -3.79. The molecule has 1 amide bonds. The van der Waals surface area contributed by atoms with Crippen molar-refractivity contribution < 1.29 is 14.3 Å². The van der Waals surface area contributed by atoms with Crippen LogP contribution in [0.4, 0.5) is 11.9 Å². The van der Waals surface area contributed by atoms with Crippen molar-refractivity contribution in [3.8, 4) is 17.1 Å². The van der Waals surface area contributed by atoms with Gasteiger partial charge in [-0.15, -0.1) is 0 Å². The Bertz CT molecular complexity index is 1190. The molecule has 188 valence electrons. The summed E-state index contributed by atoms with van der Waals surface area (Å²) in [6.45, 7) is 4.01. The monoisotopic (exact) mass is 489 g/mol. The molecule has 2 aromatic heterocycles. The van der Waals surface area contributed by atoms with E-state index < -0.39 is 0 Å². The van der Waals surface area contributed by atoms with Crippen molar-refractivity contribution in [3.63, 3.8) is 0 Å². The number of nitrogen functional groups attached to an aromatic ring is 1. The molecule has 0 radical (unpaired) electrons. The lowest BCUT2D eigenvalue weighted by Gasteiger charge is -2.41. The minimum atomic E-state index is -0.0256. The van der Waals surface area contributed by atoms with Crippen LogP contribution in [-0.2, 0) is 16.0 Å². The van der Waals surface area contributed by atoms with E-state index in [9.17, 15) is 4.79 Å². The third-order valence-corrected chi connectivity index (χ3v) is 6.78. The van der Waals surface area contributed by atoms with Gasteiger partial charge in [-0.3, -0.25) is 4.79 Å². The standard InChI is InChI=1S/C26H31N7O3/c1-17-16-35-9-8-33(17)26-30-22(19-14-28-25(27)29-15-19)13-23(31-26)36-21-11-20(12-21)32(2)24(34)10-18-6-4-3-5-7-18/h3-7,13-15,17,20-21H,8-12,16H2,1-2H3,(H2,27,28,29)/t17-,20?,21?/m0/s1. The van der Waals surface area contributed by atoms with E-state index in [-0.39, 0.29) is 30.0 Å². The summed E-state index contributed by atoms with van der Waals surface area (Å²) < 4.78 is 11.8. The summed E-state index contributed by atoms with van der Waals surface area (Å²) >= 11 is 0. The highest BCUT2D eigenvalue weighted by Gasteiger charge is 2.36. The number of ether oxygens (including phenoxy) is 2. The summed E-state index contributed by atoms with van der Waals surface area (Å²) in [6, 6.07) is 11.9. The van der Waals surface area contributed by atoms with Crippen LogP contribution in [0.2, 0.25) is 0 Å². The summed E-state index contributed by atoms with van der Waals surface area (Å²) in [4.78, 5) is 34.4. The Morgan fingerprint density at radius 1 is 1.19 bits per heavy atom. The van der Waals surface area contributed by atoms with Crippen molar-refractivity contribution >= 4 is 17.8 Å². The molecule has 1 saturated heterocycles. The predicted octanol–water partition coefficient (Wildman–Crippen LogP) is 2.35. The second-order valence-corrected chi connectivity index (χ2v) is 9.37. The first-order chi connectivity index (χ1) is 17.5. The third kappa shape index (κ3) is 5.38. The van der Waals surface area contributed by atoms with Gasteiger partial charge in [-0.05, 0) is 12.5 Å². The molecule has 2 aliphatic rings. The van der Waals surface area contributed by atoms with Gasteiger partial charge >= 0.3 is 0 Å². The lowest BCUT2D eigenvalue weighted by atomic mass is 9.87. The van der Waals surface area contributed by atoms with Crippen molar-refractivity contribution in [1.29, 1.82) is 0 Å². The van der Waals surface area contributed by atoms with E-state index in [1.165, 1.54) is 0 Å². The topological polar surface area (TPSA) is 120 Å². The number of hydrogen-bond acceptors (Lipinski definition) is 9. The van der Waals surface area contributed by atoms with Gasteiger partial charge < -0.3 is 25.0 Å². The van der Waals surface area contributed by atoms with E-state index in [4.69, 9.17) is 25.2 Å². The fourth-order valence-electron chi connectivity index (χ4n) is 4.46. The summed E-state index contributed by atoms with van der Waals surface area (Å²) in [5.74, 6) is 1.40. The van der Waals surface area contributed by atoms with Crippen LogP contribution in [0.3, 0.4) is 0 Å². The normalized spacial score (nSPS) is 21.5. The molecule has 36 heavy (non-hydrogen) atoms. The second-order valence-electron chi connectivity index (χ2n) is 9.37. The zero-order valence-corrected chi connectivity index (χ0v) is 20.6. The maximum atomic E-state index is 12.7. The number of nitrogens with zero attached hydrogens (tertiary/aromatic N) is 6. The number of carbonyl (C=O) groups is 1. The van der Waals surface area contributed by atoms with Crippen molar-refractivity contribution in [3.05, 3.63) is 54.4 Å². The fraction of sp³-hybridized carbons (Fsp3) is 0.423. The number of likely N-dealkylation sites (N-methyl/N-ethyl adjacent to an activating group) is 1. The Balaban J connectivity index is 1.28. The van der Waals surface area contributed by atoms with Gasteiger partial charge in [-0.2, -0.15) is 4.98 Å². The van der Waals surface area contributed by atoms with Gasteiger partial charge in [0.25, 0.3) is 0 Å². The Labute approximate surface area is 210 Å². The number of anilines is 2. The molecule has 1 aliphatic carbocycles. The average molecular weight is 490 g/mol. The summed E-state index contributed by atoms with van der Waals surface area (Å²) in [5.41, 5.74) is 8.08. The van der Waals surface area contributed by atoms with Gasteiger partial charge in [0.15, 0.2) is 0 Å². The molecule has 0 unspecified atom stereocenters. The van der Waals surface area contributed by atoms with E-state index in [0.717, 1.165) is 24.0 Å². The molecule has 3 heterocycles. The molecule has 1 aromatic carbocycles. The molecule has 1 aliphatic heterocycles. The van der Waals surface area contributed by atoms with Crippen LogP contribution in [0.15, 0.2) is 48.8 Å². The van der Waals surface area contributed by atoms with Crippen molar-refractivity contribution in [2.75, 3.05) is 37.4 Å². The highest BCUT2D eigenvalue weighted by molar-refractivity contribution is 5.79. The lowest BCUT2D eigenvalue weighted by Crippen LogP contribution is -2.50. The number of nitrogens with two attached hydrogens (primary N) is 1. The number of rotatable bonds is 7. The first-order valence-electron chi connectivity index (χ1n) is 12.2. The summed E-state index contributed by atoms with van der Waals surface area (Å²) in [6.07, 6.45) is 5.18. The molecule has 2 N–H and O–H groups in total. The van der Waals surface area contributed by atoms with Gasteiger partial charge in [0.2, 0.25) is 23.7 Å². The van der Waals surface area contributed by atoms with Crippen LogP contribution in [0.5, 0.6) is 5.88 Å². The highest BCUT2D eigenvalue weighted by Crippen LogP contribution is 2.32. The van der Waals surface area contributed by atoms with Gasteiger partial charge in [0.05, 0.1) is 31.4 Å². The van der Waals surface area contributed by atoms with E-state index in [1.54, 1.807) is 18.5 Å². The van der Waals surface area contributed by atoms with E-state index in [0.29, 0.717) is 43.7 Å². The minimum absolute atomic E-state index is 0.0256. The van der Waals surface area contributed by atoms with Crippen LogP contribution >= 0.6 is 0 Å². The molecular formula is C26H31N7O3. The lowest BCUT2D eigenvalue weighted by molar-refractivity contribution is -0.134. The molecule has 1 saturated carbocycles. The minimum Gasteiger partial charge on any atom is -0.474 e. The van der Waals surface area contributed by atoms with E-state index in [2.05, 4.69) is 21.8 Å². The molecule has 0 spiro atoms. The van der Waals surface area contributed by atoms with Crippen molar-refractivity contribution in [2.24, 2.45) is 0 Å². The van der Waals surface area contributed by atoms with Crippen molar-refractivity contribution in [2.45, 2.75) is 44.4 Å². The molecule has 10 nitrogen and oxygen atoms in total. The SMILES string of the molecule is C[C@H]1COCCN1c1nc(OC2CC(N(C)C(=O)Cc3ccccc3)C2)cc(-c2cnc(N)nc2)n1. The number of amides is 1. The quantitative estimate of drug-likeness (QED) is 0.533. The zero-order chi connectivity index (χ0) is 25.1. The number of aromatic nitrogens is 4. The molecule has 1 atom stereocenters. The van der Waals surface area contributed by atoms with Crippen LogP contribution in [-0.4, -0.2) is 75.7 Å². The highest BCUT2D eigenvalue weighted by atomic mass is 16.5. The van der Waals surface area contributed by atoms with Gasteiger partial charge in [-0.25, -0.2) is 15.0 Å². The van der Waals surface area contributed by atoms with Crippen LogP contribution in [0.25, 0.3) is 11.3 Å². The van der Waals surface area contributed by atoms with Crippen molar-refractivity contribution in [1.82, 2.24) is 24.8 Å². The van der Waals surface area contributed by atoms with Gasteiger partial charge in [0.1, 0.15) is 6.10 Å². The smallest absolute Gasteiger partial charge is 0.229 e. The fourth-order valence-corrected chi connectivity index (χ4v) is 4.46. The average Bonchev–Trinajstić information content (AvgIpc) is 2.86. The third-order valence-electron chi connectivity index (χ3n) is 6.78. The molecule has 5 rings (SSSR count). The van der Waals surface area contributed by atoms with Crippen LogP contribution in [0, 0.1) is 0 Å². The summed E-state index contributed by atoms with van der Waals surface area (Å²) in [7, 11) is 1.87. The Kier molecular flexibility index (Phi) is 6.95. The van der Waals surface area contributed by atoms with Crippen LogP contribution < -0.4 is 15.4 Å². The molecule has 0 bridgehead atoms. The number of morpholine rings is 1. The van der Waals surface area contributed by atoms with E-state index >= 15 is 0 Å². The molecule has 10 heteroatoms. The molecular weight excluding hydrogens is 458 g/mol. The van der Waals surface area contributed by atoms with Gasteiger partial charge in [-0.1, -0.05) is 30.3 Å². The largest absolute Gasteiger partial charge is 0.474 e. The first kappa shape index (κ1) is 23.9. The number of benzene rings is 1. The summed E-state index contributed by atoms with van der Waals surface area (Å²) in [5, 5.41) is 0. The van der Waals surface area contributed by atoms with Gasteiger partial charge in [0, 0.05) is 56.5 Å². The maximum absolute atomic E-state index is 12.7. The zero-order valence-electron chi connectivity index (χ0n) is 20.6. The van der Waals surface area contributed by atoms with Crippen LogP contribution in [0.1, 0.15) is 25.3 Å². The number of hydrogen-bond donors (Lipinski definition) is 1. The Morgan fingerprint density at radius 2 is 1.94 bits per heavy atom. The molecule has 3 aromatic rings. The maximum Gasteiger partial charge on any atom is 0.229 e. The number of carbonyl (C=O) groups excluding carboxylic acids is 1.